The van der Waals surface area contributed by atoms with Crippen molar-refractivity contribution in [3.05, 3.63) is 18.0 Å². The summed E-state index contributed by atoms with van der Waals surface area (Å²) >= 11 is 1.95. The van der Waals surface area contributed by atoms with Crippen LogP contribution in [0.15, 0.2) is 12.4 Å². The zero-order chi connectivity index (χ0) is 8.60. The summed E-state index contributed by atoms with van der Waals surface area (Å²) in [7, 11) is 0. The molecular weight excluding hydrogens is 170 g/mol. The Morgan fingerprint density at radius 3 is 3.00 bits per heavy atom. The molecule has 2 N–H and O–H groups in total. The molecule has 4 heteroatoms. The van der Waals surface area contributed by atoms with Gasteiger partial charge in [-0.2, -0.15) is 5.10 Å². The Kier molecular flexibility index (Phi) is 1.88. The first kappa shape index (κ1) is 8.13. The van der Waals surface area contributed by atoms with Gasteiger partial charge in [-0.1, -0.05) is 0 Å². The summed E-state index contributed by atoms with van der Waals surface area (Å²) < 4.78 is 0.349. The monoisotopic (exact) mass is 183 g/mol. The van der Waals surface area contributed by atoms with Gasteiger partial charge in [-0.25, -0.2) is 0 Å². The van der Waals surface area contributed by atoms with Gasteiger partial charge in [0.1, 0.15) is 0 Å². The van der Waals surface area contributed by atoms with Gasteiger partial charge in [0.2, 0.25) is 0 Å². The molecule has 0 amide bonds. The predicted molar refractivity (Wildman–Crippen MR) is 51.0 cm³/mol. The third-order valence-corrected chi connectivity index (χ3v) is 3.43. The van der Waals surface area contributed by atoms with Crippen molar-refractivity contribution in [2.75, 3.05) is 6.54 Å². The topological polar surface area (TPSA) is 40.7 Å². The van der Waals surface area contributed by atoms with E-state index in [1.165, 1.54) is 5.56 Å². The smallest absolute Gasteiger partial charge is 0.0826 e. The minimum absolute atomic E-state index is 0.349. The van der Waals surface area contributed by atoms with E-state index in [0.717, 1.165) is 6.54 Å². The molecule has 3 nitrogen and oxygen atoms in total. The quantitative estimate of drug-likeness (QED) is 0.693. The maximum absolute atomic E-state index is 3.94. The molecule has 1 unspecified atom stereocenters. The number of aromatic amines is 1. The lowest BCUT2D eigenvalue weighted by Crippen LogP contribution is -2.21. The van der Waals surface area contributed by atoms with Crippen LogP contribution in [-0.2, 0) is 0 Å². The van der Waals surface area contributed by atoms with E-state index in [9.17, 15) is 0 Å². The van der Waals surface area contributed by atoms with Gasteiger partial charge < -0.3 is 5.32 Å². The van der Waals surface area contributed by atoms with Crippen molar-refractivity contribution in [1.29, 1.82) is 0 Å². The number of aromatic nitrogens is 2. The number of nitrogens with zero attached hydrogens (tertiary/aromatic N) is 1. The first-order chi connectivity index (χ1) is 5.67. The van der Waals surface area contributed by atoms with Crippen LogP contribution < -0.4 is 5.32 Å². The average Bonchev–Trinajstić information content (AvgIpc) is 2.55. The lowest BCUT2D eigenvalue weighted by Gasteiger charge is -2.14. The number of nitrogens with one attached hydrogen (secondary N) is 2. The molecule has 2 rings (SSSR count). The van der Waals surface area contributed by atoms with Gasteiger partial charge in [-0.15, -0.1) is 11.8 Å². The van der Waals surface area contributed by atoms with Crippen LogP contribution in [0.2, 0.25) is 0 Å². The molecule has 0 radical (unpaired) electrons. The minimum atomic E-state index is 0.349. The fourth-order valence-corrected chi connectivity index (χ4v) is 2.57. The molecule has 1 aliphatic rings. The first-order valence-corrected chi connectivity index (χ1v) is 4.95. The largest absolute Gasteiger partial charge is 0.300 e. The average molecular weight is 183 g/mol. The van der Waals surface area contributed by atoms with E-state index >= 15 is 0 Å². The predicted octanol–water partition coefficient (Wildman–Crippen LogP) is 1.52. The van der Waals surface area contributed by atoms with E-state index in [2.05, 4.69) is 29.4 Å². The second-order valence-electron chi connectivity index (χ2n) is 3.67. The molecule has 2 heterocycles. The van der Waals surface area contributed by atoms with Gasteiger partial charge in [0.15, 0.2) is 0 Å². The van der Waals surface area contributed by atoms with Crippen LogP contribution in [0.5, 0.6) is 0 Å². The van der Waals surface area contributed by atoms with Crippen LogP contribution in [0.25, 0.3) is 0 Å². The van der Waals surface area contributed by atoms with Crippen molar-refractivity contribution < 1.29 is 0 Å². The third kappa shape index (κ3) is 1.49. The molecule has 0 spiro atoms. The summed E-state index contributed by atoms with van der Waals surface area (Å²) in [6, 6.07) is 0. The molecule has 1 atom stereocenters. The molecule has 1 fully saturated rings. The van der Waals surface area contributed by atoms with Crippen molar-refractivity contribution in [3.63, 3.8) is 0 Å². The second-order valence-corrected chi connectivity index (χ2v) is 5.48. The maximum atomic E-state index is 3.94. The van der Waals surface area contributed by atoms with Crippen molar-refractivity contribution in [2.45, 2.75) is 24.0 Å². The Labute approximate surface area is 76.3 Å². The molecule has 1 aromatic heterocycles. The number of H-pyrrole nitrogens is 1. The maximum Gasteiger partial charge on any atom is 0.0826 e. The van der Waals surface area contributed by atoms with E-state index in [-0.39, 0.29) is 0 Å². The van der Waals surface area contributed by atoms with Gasteiger partial charge in [0, 0.05) is 23.1 Å². The van der Waals surface area contributed by atoms with E-state index < -0.39 is 0 Å². The fourth-order valence-electron chi connectivity index (χ4n) is 1.33. The van der Waals surface area contributed by atoms with Crippen LogP contribution in [0.4, 0.5) is 0 Å². The van der Waals surface area contributed by atoms with Crippen molar-refractivity contribution in [3.8, 4) is 0 Å². The zero-order valence-corrected chi connectivity index (χ0v) is 8.11. The Morgan fingerprint density at radius 2 is 2.50 bits per heavy atom. The van der Waals surface area contributed by atoms with Crippen LogP contribution in [0.3, 0.4) is 0 Å². The summed E-state index contributed by atoms with van der Waals surface area (Å²) in [4.78, 5) is 0. The summed E-state index contributed by atoms with van der Waals surface area (Å²) in [6.07, 6.45) is 3.83. The number of thioether (sulfide) groups is 1. The Hall–Kier alpha value is -0.480. The molecule has 0 aromatic carbocycles. The van der Waals surface area contributed by atoms with E-state index in [0.29, 0.717) is 10.1 Å². The number of hydrogen-bond donors (Lipinski definition) is 2. The molecule has 0 aliphatic carbocycles. The zero-order valence-electron chi connectivity index (χ0n) is 7.29. The lowest BCUT2D eigenvalue weighted by atomic mass is 10.2. The fraction of sp³-hybridized carbons (Fsp3) is 0.625. The normalized spacial score (nSPS) is 27.7. The standard InChI is InChI=1S/C8H13N3S/c1-8(2)5-9-7(12-8)6-3-10-11-4-6/h3-4,7,9H,5H2,1-2H3,(H,10,11). The molecule has 1 saturated heterocycles. The highest BCUT2D eigenvalue weighted by atomic mass is 32.2. The summed E-state index contributed by atoms with van der Waals surface area (Å²) in [5, 5.41) is 10.6. The molecule has 0 bridgehead atoms. The van der Waals surface area contributed by atoms with Crippen molar-refractivity contribution in [1.82, 2.24) is 15.5 Å². The second kappa shape index (κ2) is 2.78. The van der Waals surface area contributed by atoms with Crippen LogP contribution in [-0.4, -0.2) is 21.5 Å². The van der Waals surface area contributed by atoms with Gasteiger partial charge >= 0.3 is 0 Å². The van der Waals surface area contributed by atoms with Crippen molar-refractivity contribution >= 4 is 11.8 Å². The van der Waals surface area contributed by atoms with E-state index in [1.807, 2.05) is 24.2 Å². The Bertz CT molecular complexity index is 255. The number of rotatable bonds is 1. The lowest BCUT2D eigenvalue weighted by molar-refractivity contribution is 0.635. The molecule has 1 aromatic rings. The highest BCUT2D eigenvalue weighted by Crippen LogP contribution is 2.41. The first-order valence-electron chi connectivity index (χ1n) is 4.07. The van der Waals surface area contributed by atoms with E-state index in [1.54, 1.807) is 0 Å². The Morgan fingerprint density at radius 1 is 1.67 bits per heavy atom. The Balaban J connectivity index is 2.10. The summed E-state index contributed by atoms with van der Waals surface area (Å²) in [5.41, 5.74) is 1.24. The molecular formula is C8H13N3S. The minimum Gasteiger partial charge on any atom is -0.300 e. The molecule has 0 saturated carbocycles. The van der Waals surface area contributed by atoms with Gasteiger partial charge in [0.25, 0.3) is 0 Å². The molecule has 66 valence electrons. The van der Waals surface area contributed by atoms with Gasteiger partial charge in [-0.05, 0) is 13.8 Å². The van der Waals surface area contributed by atoms with Crippen LogP contribution in [0, 0.1) is 0 Å². The van der Waals surface area contributed by atoms with Gasteiger partial charge in [0.05, 0.1) is 11.6 Å². The SMILES string of the molecule is CC1(C)CNC(c2cn[nH]c2)S1. The summed E-state index contributed by atoms with van der Waals surface area (Å²) in [5.74, 6) is 0. The van der Waals surface area contributed by atoms with Crippen LogP contribution in [0.1, 0.15) is 24.8 Å². The highest BCUT2D eigenvalue weighted by Gasteiger charge is 2.32. The number of hydrogen-bond acceptors (Lipinski definition) is 3. The van der Waals surface area contributed by atoms with Gasteiger partial charge in [-0.3, -0.25) is 5.10 Å². The summed E-state index contributed by atoms with van der Waals surface area (Å²) in [6.45, 7) is 5.57. The van der Waals surface area contributed by atoms with E-state index in [4.69, 9.17) is 0 Å². The molecule has 12 heavy (non-hydrogen) atoms. The molecule has 1 aliphatic heterocycles. The highest BCUT2D eigenvalue weighted by molar-refractivity contribution is 8.01. The van der Waals surface area contributed by atoms with Crippen LogP contribution >= 0.6 is 11.8 Å². The third-order valence-electron chi connectivity index (χ3n) is 1.97. The van der Waals surface area contributed by atoms with Crippen molar-refractivity contribution in [2.24, 2.45) is 0 Å².